The Morgan fingerprint density at radius 3 is 2.64 bits per heavy atom. The standard InChI is InChI=1S/C21H25NO5S/c1-4-16(27-14-9-7-8-13(12-14)25-2)19(23)22-20-18(21(24)26-3)15-10-5-6-11-17(15)28-20/h7-9,12,16H,4-6,10-11H2,1-3H3,(H,22,23)/t16-/m1/s1. The van der Waals surface area contributed by atoms with Crippen molar-refractivity contribution < 1.29 is 23.8 Å². The Hall–Kier alpha value is -2.54. The number of hydrogen-bond acceptors (Lipinski definition) is 6. The Bertz CT molecular complexity index is 860. The van der Waals surface area contributed by atoms with Crippen LogP contribution in [0.4, 0.5) is 5.00 Å². The number of methoxy groups -OCH3 is 2. The van der Waals surface area contributed by atoms with Crippen LogP contribution in [0, 0.1) is 0 Å². The van der Waals surface area contributed by atoms with Crippen molar-refractivity contribution in [2.75, 3.05) is 19.5 Å². The summed E-state index contributed by atoms with van der Waals surface area (Å²) in [5.74, 6) is 0.525. The van der Waals surface area contributed by atoms with E-state index < -0.39 is 12.1 Å². The van der Waals surface area contributed by atoms with Crippen LogP contribution in [0.1, 0.15) is 47.0 Å². The third-order valence-corrected chi connectivity index (χ3v) is 5.99. The Balaban J connectivity index is 1.80. The van der Waals surface area contributed by atoms with Gasteiger partial charge in [0.2, 0.25) is 0 Å². The summed E-state index contributed by atoms with van der Waals surface area (Å²) in [5.41, 5.74) is 1.51. The van der Waals surface area contributed by atoms with Gasteiger partial charge >= 0.3 is 5.97 Å². The zero-order valence-corrected chi connectivity index (χ0v) is 17.2. The topological polar surface area (TPSA) is 73.9 Å². The zero-order chi connectivity index (χ0) is 20.1. The molecule has 0 aliphatic heterocycles. The van der Waals surface area contributed by atoms with E-state index in [2.05, 4.69) is 5.32 Å². The van der Waals surface area contributed by atoms with Gasteiger partial charge in [-0.05, 0) is 49.8 Å². The lowest BCUT2D eigenvalue weighted by atomic mass is 9.95. The molecular formula is C21H25NO5S. The van der Waals surface area contributed by atoms with Crippen molar-refractivity contribution in [3.05, 3.63) is 40.3 Å². The lowest BCUT2D eigenvalue weighted by molar-refractivity contribution is -0.122. The Labute approximate surface area is 168 Å². The number of nitrogens with one attached hydrogen (secondary N) is 1. The van der Waals surface area contributed by atoms with Crippen molar-refractivity contribution in [1.82, 2.24) is 0 Å². The van der Waals surface area contributed by atoms with Gasteiger partial charge in [0.25, 0.3) is 5.91 Å². The van der Waals surface area contributed by atoms with Crippen LogP contribution in [-0.2, 0) is 22.4 Å². The smallest absolute Gasteiger partial charge is 0.341 e. The van der Waals surface area contributed by atoms with Crippen LogP contribution in [-0.4, -0.2) is 32.2 Å². The van der Waals surface area contributed by atoms with Gasteiger partial charge < -0.3 is 19.5 Å². The number of fused-ring (bicyclic) bond motifs is 1. The molecule has 1 atom stereocenters. The van der Waals surface area contributed by atoms with Crippen molar-refractivity contribution in [3.63, 3.8) is 0 Å². The van der Waals surface area contributed by atoms with E-state index in [1.54, 1.807) is 19.2 Å². The summed E-state index contributed by atoms with van der Waals surface area (Å²) in [6.07, 6.45) is 3.70. The minimum absolute atomic E-state index is 0.283. The van der Waals surface area contributed by atoms with E-state index in [1.165, 1.54) is 18.4 Å². The fraction of sp³-hybridized carbons (Fsp3) is 0.429. The van der Waals surface area contributed by atoms with E-state index in [4.69, 9.17) is 14.2 Å². The van der Waals surface area contributed by atoms with Crippen molar-refractivity contribution in [2.45, 2.75) is 45.1 Å². The van der Waals surface area contributed by atoms with Crippen LogP contribution < -0.4 is 14.8 Å². The largest absolute Gasteiger partial charge is 0.497 e. The van der Waals surface area contributed by atoms with E-state index in [0.29, 0.717) is 28.5 Å². The van der Waals surface area contributed by atoms with E-state index >= 15 is 0 Å². The van der Waals surface area contributed by atoms with Crippen LogP contribution in [0.3, 0.4) is 0 Å². The van der Waals surface area contributed by atoms with Crippen molar-refractivity contribution in [3.8, 4) is 11.5 Å². The third-order valence-electron chi connectivity index (χ3n) is 4.78. The van der Waals surface area contributed by atoms with E-state index in [-0.39, 0.29) is 5.91 Å². The number of carbonyl (C=O) groups is 2. The molecule has 150 valence electrons. The van der Waals surface area contributed by atoms with Crippen molar-refractivity contribution in [2.24, 2.45) is 0 Å². The van der Waals surface area contributed by atoms with Gasteiger partial charge in [-0.15, -0.1) is 11.3 Å². The first-order valence-electron chi connectivity index (χ1n) is 9.41. The molecule has 1 aliphatic carbocycles. The molecule has 1 heterocycles. The molecule has 2 aromatic rings. The highest BCUT2D eigenvalue weighted by Gasteiger charge is 2.28. The van der Waals surface area contributed by atoms with Gasteiger partial charge in [-0.2, -0.15) is 0 Å². The first-order chi connectivity index (χ1) is 13.6. The number of hydrogen-bond donors (Lipinski definition) is 1. The average molecular weight is 404 g/mol. The monoisotopic (exact) mass is 403 g/mol. The summed E-state index contributed by atoms with van der Waals surface area (Å²) < 4.78 is 16.0. The maximum absolute atomic E-state index is 12.9. The summed E-state index contributed by atoms with van der Waals surface area (Å²) in [7, 11) is 2.94. The number of carbonyl (C=O) groups excluding carboxylic acids is 2. The fourth-order valence-electron chi connectivity index (χ4n) is 3.33. The summed E-state index contributed by atoms with van der Waals surface area (Å²) in [4.78, 5) is 26.4. The first-order valence-corrected chi connectivity index (χ1v) is 10.2. The third kappa shape index (κ3) is 4.30. The van der Waals surface area contributed by atoms with Gasteiger partial charge in [0.05, 0.1) is 19.8 Å². The maximum Gasteiger partial charge on any atom is 0.341 e. The molecule has 3 rings (SSSR count). The molecular weight excluding hydrogens is 378 g/mol. The van der Waals surface area contributed by atoms with Crippen LogP contribution in [0.25, 0.3) is 0 Å². The number of aryl methyl sites for hydroxylation is 1. The second-order valence-corrected chi connectivity index (χ2v) is 7.69. The number of thiophene rings is 1. The average Bonchev–Trinajstić information content (AvgIpc) is 3.09. The summed E-state index contributed by atoms with van der Waals surface area (Å²) in [6, 6.07) is 7.13. The number of anilines is 1. The number of ether oxygens (including phenoxy) is 3. The fourth-order valence-corrected chi connectivity index (χ4v) is 4.61. The second kappa shape index (κ2) is 9.10. The van der Waals surface area contributed by atoms with E-state index in [0.717, 1.165) is 36.1 Å². The SMILES string of the molecule is CC[C@@H](Oc1cccc(OC)c1)C(=O)Nc1sc2c(c1C(=O)OC)CCCC2. The van der Waals surface area contributed by atoms with Crippen LogP contribution in [0.2, 0.25) is 0 Å². The number of amides is 1. The Morgan fingerprint density at radius 1 is 1.18 bits per heavy atom. The predicted octanol–water partition coefficient (Wildman–Crippen LogP) is 4.22. The normalized spacial score (nSPS) is 14.0. The number of rotatable bonds is 7. The zero-order valence-electron chi connectivity index (χ0n) is 16.4. The molecule has 28 heavy (non-hydrogen) atoms. The molecule has 1 N–H and O–H groups in total. The molecule has 0 saturated carbocycles. The van der Waals surface area contributed by atoms with Gasteiger partial charge in [-0.25, -0.2) is 4.79 Å². The summed E-state index contributed by atoms with van der Waals surface area (Å²) >= 11 is 1.47. The summed E-state index contributed by atoms with van der Waals surface area (Å²) in [5, 5.41) is 3.46. The number of esters is 1. The van der Waals surface area contributed by atoms with Crippen molar-refractivity contribution in [1.29, 1.82) is 0 Å². The van der Waals surface area contributed by atoms with Crippen LogP contribution in [0.5, 0.6) is 11.5 Å². The van der Waals surface area contributed by atoms with Gasteiger partial charge in [0.1, 0.15) is 16.5 Å². The molecule has 0 bridgehead atoms. The first kappa shape index (κ1) is 20.2. The minimum atomic E-state index is -0.684. The molecule has 0 radical (unpaired) electrons. The van der Waals surface area contributed by atoms with Gasteiger partial charge in [0, 0.05) is 10.9 Å². The molecule has 7 heteroatoms. The highest BCUT2D eigenvalue weighted by atomic mass is 32.1. The van der Waals surface area contributed by atoms with E-state index in [9.17, 15) is 9.59 Å². The molecule has 0 unspecified atom stereocenters. The molecule has 1 amide bonds. The quantitative estimate of drug-likeness (QED) is 0.701. The summed E-state index contributed by atoms with van der Waals surface area (Å²) in [6.45, 7) is 1.88. The molecule has 1 aromatic carbocycles. The molecule has 0 fully saturated rings. The maximum atomic E-state index is 12.9. The highest BCUT2D eigenvalue weighted by Crippen LogP contribution is 2.38. The predicted molar refractivity (Wildman–Crippen MR) is 109 cm³/mol. The van der Waals surface area contributed by atoms with Crippen molar-refractivity contribution >= 4 is 28.2 Å². The molecule has 0 spiro atoms. The highest BCUT2D eigenvalue weighted by molar-refractivity contribution is 7.17. The van der Waals surface area contributed by atoms with Crippen LogP contribution >= 0.6 is 11.3 Å². The molecule has 6 nitrogen and oxygen atoms in total. The number of benzene rings is 1. The second-order valence-electron chi connectivity index (χ2n) is 6.59. The lowest BCUT2D eigenvalue weighted by Gasteiger charge is -2.17. The molecule has 1 aromatic heterocycles. The van der Waals surface area contributed by atoms with Crippen LogP contribution in [0.15, 0.2) is 24.3 Å². The molecule has 0 saturated heterocycles. The Morgan fingerprint density at radius 2 is 1.93 bits per heavy atom. The van der Waals surface area contributed by atoms with Gasteiger partial charge in [-0.1, -0.05) is 13.0 Å². The molecule has 1 aliphatic rings. The van der Waals surface area contributed by atoms with E-state index in [1.807, 2.05) is 19.1 Å². The van der Waals surface area contributed by atoms with Gasteiger partial charge in [-0.3, -0.25) is 4.79 Å². The minimum Gasteiger partial charge on any atom is -0.497 e. The van der Waals surface area contributed by atoms with Gasteiger partial charge in [0.15, 0.2) is 6.10 Å². The Kier molecular flexibility index (Phi) is 6.57. The lowest BCUT2D eigenvalue weighted by Crippen LogP contribution is -2.32.